The van der Waals surface area contributed by atoms with Gasteiger partial charge in [0.25, 0.3) is 0 Å². The molecule has 2 nitrogen and oxygen atoms in total. The summed E-state index contributed by atoms with van der Waals surface area (Å²) in [5, 5.41) is 1.05. The number of hydrogen-bond acceptors (Lipinski definition) is 2. The number of hydrogen-bond donors (Lipinski definition) is 0. The lowest BCUT2D eigenvalue weighted by atomic mass is 10.4. The average Bonchev–Trinajstić information content (AvgIpc) is 2.36. The minimum atomic E-state index is 0.762. The number of aliphatic imine (C=N–C) groups is 1. The van der Waals surface area contributed by atoms with Gasteiger partial charge in [0.05, 0.1) is 12.5 Å². The predicted octanol–water partition coefficient (Wildman–Crippen LogP) is 0.519. The van der Waals surface area contributed by atoms with Crippen LogP contribution in [0.1, 0.15) is 6.92 Å². The third-order valence-corrected chi connectivity index (χ3v) is 1.25. The molecule has 0 aromatic carbocycles. The topological polar surface area (TPSA) is 25.5 Å². The standard InChI is InChI=1S/C8H9NO/c1-3-7-4-5-10-8(7)6-9-2/h3-6H,2H2,1H3/b7-3-,8-6+. The van der Waals surface area contributed by atoms with Crippen LogP contribution in [-0.4, -0.2) is 6.72 Å². The van der Waals surface area contributed by atoms with Crippen LogP contribution in [0.5, 0.6) is 0 Å². The highest BCUT2D eigenvalue weighted by Gasteiger charge is 1.83. The summed E-state index contributed by atoms with van der Waals surface area (Å²) < 4.78 is 5.08. The lowest BCUT2D eigenvalue weighted by Crippen LogP contribution is -2.17. The molecular weight excluding hydrogens is 126 g/mol. The molecule has 1 aromatic rings. The maximum atomic E-state index is 5.08. The van der Waals surface area contributed by atoms with Crippen molar-refractivity contribution in [3.63, 3.8) is 0 Å². The summed E-state index contributed by atoms with van der Waals surface area (Å²) in [5.74, 6) is 0. The van der Waals surface area contributed by atoms with E-state index in [1.165, 1.54) is 0 Å². The molecule has 1 aromatic heterocycles. The molecule has 1 rings (SSSR count). The van der Waals surface area contributed by atoms with Crippen molar-refractivity contribution in [1.82, 2.24) is 0 Å². The molecular formula is C8H9NO. The smallest absolute Gasteiger partial charge is 0.151 e. The SMILES string of the molecule is C=N/C=c1/occ/c1=C/C. The van der Waals surface area contributed by atoms with Gasteiger partial charge in [0.1, 0.15) is 0 Å². The van der Waals surface area contributed by atoms with E-state index in [4.69, 9.17) is 4.42 Å². The molecule has 0 N–H and O–H groups in total. The Balaban J connectivity index is 3.41. The molecule has 0 fully saturated rings. The van der Waals surface area contributed by atoms with E-state index in [0.717, 1.165) is 10.6 Å². The summed E-state index contributed by atoms with van der Waals surface area (Å²) >= 11 is 0. The monoisotopic (exact) mass is 135 g/mol. The van der Waals surface area contributed by atoms with Crippen LogP contribution < -0.4 is 10.6 Å². The molecule has 0 radical (unpaired) electrons. The molecule has 0 saturated heterocycles. The van der Waals surface area contributed by atoms with E-state index in [2.05, 4.69) is 11.7 Å². The quantitative estimate of drug-likeness (QED) is 0.515. The zero-order chi connectivity index (χ0) is 7.40. The van der Waals surface area contributed by atoms with Gasteiger partial charge in [0, 0.05) is 5.22 Å². The third kappa shape index (κ3) is 1.16. The van der Waals surface area contributed by atoms with Crippen molar-refractivity contribution in [2.24, 2.45) is 4.99 Å². The van der Waals surface area contributed by atoms with Crippen molar-refractivity contribution >= 4 is 19.0 Å². The van der Waals surface area contributed by atoms with Gasteiger partial charge in [0.2, 0.25) is 0 Å². The molecule has 0 aliphatic heterocycles. The summed E-state index contributed by atoms with van der Waals surface area (Å²) in [7, 11) is 0. The van der Waals surface area contributed by atoms with Crippen LogP contribution >= 0.6 is 0 Å². The fourth-order valence-corrected chi connectivity index (χ4v) is 0.757. The maximum Gasteiger partial charge on any atom is 0.151 e. The van der Waals surface area contributed by atoms with Gasteiger partial charge in [-0.05, 0) is 19.7 Å². The van der Waals surface area contributed by atoms with Gasteiger partial charge in [-0.25, -0.2) is 0 Å². The van der Waals surface area contributed by atoms with Gasteiger partial charge < -0.3 is 4.42 Å². The Morgan fingerprint density at radius 1 is 1.70 bits per heavy atom. The second kappa shape index (κ2) is 3.01. The first-order valence-electron chi connectivity index (χ1n) is 3.04. The van der Waals surface area contributed by atoms with E-state index in [-0.39, 0.29) is 0 Å². The highest BCUT2D eigenvalue weighted by Crippen LogP contribution is 1.70. The van der Waals surface area contributed by atoms with Crippen molar-refractivity contribution in [3.05, 3.63) is 23.0 Å². The van der Waals surface area contributed by atoms with Crippen LogP contribution in [0.25, 0.3) is 12.3 Å². The molecule has 0 unspecified atom stereocenters. The van der Waals surface area contributed by atoms with Gasteiger partial charge in [-0.1, -0.05) is 6.08 Å². The molecule has 0 spiro atoms. The van der Waals surface area contributed by atoms with Crippen molar-refractivity contribution in [3.8, 4) is 0 Å². The van der Waals surface area contributed by atoms with Crippen molar-refractivity contribution in [2.75, 3.05) is 0 Å². The average molecular weight is 135 g/mol. The summed E-state index contributed by atoms with van der Waals surface area (Å²) in [5.41, 5.74) is 0.762. The summed E-state index contributed by atoms with van der Waals surface area (Å²) in [4.78, 5) is 3.60. The van der Waals surface area contributed by atoms with Gasteiger partial charge in [-0.15, -0.1) is 0 Å². The first-order valence-corrected chi connectivity index (χ1v) is 3.04. The van der Waals surface area contributed by atoms with Crippen LogP contribution in [-0.2, 0) is 0 Å². The predicted molar refractivity (Wildman–Crippen MR) is 42.1 cm³/mol. The first kappa shape index (κ1) is 6.81. The van der Waals surface area contributed by atoms with E-state index in [1.807, 2.05) is 19.1 Å². The molecule has 2 heteroatoms. The molecule has 1 heterocycles. The molecule has 0 atom stereocenters. The molecule has 10 heavy (non-hydrogen) atoms. The second-order valence-corrected chi connectivity index (χ2v) is 1.84. The van der Waals surface area contributed by atoms with Gasteiger partial charge in [-0.3, -0.25) is 4.99 Å². The summed E-state index contributed by atoms with van der Waals surface area (Å²) in [6.45, 7) is 5.28. The maximum absolute atomic E-state index is 5.08. The number of nitrogens with zero attached hydrogens (tertiary/aromatic N) is 1. The normalized spacial score (nSPS) is 14.1. The summed E-state index contributed by atoms with van der Waals surface area (Å²) in [6, 6.07) is 1.89. The van der Waals surface area contributed by atoms with Crippen LogP contribution in [0.15, 0.2) is 21.7 Å². The lowest BCUT2D eigenvalue weighted by molar-refractivity contribution is 0.530. The molecule has 0 saturated carbocycles. The van der Waals surface area contributed by atoms with Crippen LogP contribution in [0.2, 0.25) is 0 Å². The zero-order valence-electron chi connectivity index (χ0n) is 5.87. The molecule has 52 valence electrons. The highest BCUT2D eigenvalue weighted by molar-refractivity contribution is 5.35. The lowest BCUT2D eigenvalue weighted by Gasteiger charge is -1.72. The molecule has 0 amide bonds. The Bertz CT molecular complexity index is 321. The molecule has 0 aliphatic rings. The van der Waals surface area contributed by atoms with Crippen LogP contribution in [0.4, 0.5) is 0 Å². The van der Waals surface area contributed by atoms with E-state index in [0.29, 0.717) is 0 Å². The van der Waals surface area contributed by atoms with Gasteiger partial charge >= 0.3 is 0 Å². The Morgan fingerprint density at radius 2 is 2.50 bits per heavy atom. The third-order valence-electron chi connectivity index (χ3n) is 1.25. The van der Waals surface area contributed by atoms with E-state index in [9.17, 15) is 0 Å². The highest BCUT2D eigenvalue weighted by atomic mass is 16.3. The van der Waals surface area contributed by atoms with Crippen molar-refractivity contribution < 1.29 is 4.42 Å². The fraction of sp³-hybridized carbons (Fsp3) is 0.125. The Hall–Kier alpha value is -1.31. The second-order valence-electron chi connectivity index (χ2n) is 1.84. The minimum absolute atomic E-state index is 0.762. The minimum Gasteiger partial charge on any atom is -0.463 e. The van der Waals surface area contributed by atoms with E-state index >= 15 is 0 Å². The Kier molecular flexibility index (Phi) is 2.05. The largest absolute Gasteiger partial charge is 0.463 e. The van der Waals surface area contributed by atoms with E-state index < -0.39 is 0 Å². The molecule has 0 bridgehead atoms. The number of rotatable bonds is 1. The zero-order valence-corrected chi connectivity index (χ0v) is 5.87. The fourth-order valence-electron chi connectivity index (χ4n) is 0.757. The van der Waals surface area contributed by atoms with Crippen LogP contribution in [0.3, 0.4) is 0 Å². The Morgan fingerprint density at radius 3 is 3.10 bits per heavy atom. The van der Waals surface area contributed by atoms with E-state index in [1.54, 1.807) is 12.5 Å². The molecule has 0 aliphatic carbocycles. The van der Waals surface area contributed by atoms with Crippen molar-refractivity contribution in [1.29, 1.82) is 0 Å². The first-order chi connectivity index (χ1) is 4.88. The van der Waals surface area contributed by atoms with Gasteiger partial charge in [0.15, 0.2) is 5.42 Å². The van der Waals surface area contributed by atoms with Crippen molar-refractivity contribution in [2.45, 2.75) is 6.92 Å². The summed E-state index contributed by atoms with van der Waals surface area (Å²) in [6.07, 6.45) is 5.18. The Labute approximate surface area is 59.2 Å². The van der Waals surface area contributed by atoms with Gasteiger partial charge in [-0.2, -0.15) is 0 Å². The van der Waals surface area contributed by atoms with Crippen LogP contribution in [0, 0.1) is 0 Å². The number of furan rings is 1.